The lowest BCUT2D eigenvalue weighted by molar-refractivity contribution is -0.148. The van der Waals surface area contributed by atoms with Crippen LogP contribution in [0.15, 0.2) is 55.6 Å². The Labute approximate surface area is 261 Å². The van der Waals surface area contributed by atoms with Crippen LogP contribution in [0.1, 0.15) is 70.8 Å². The number of nitrogens with zero attached hydrogens (tertiary/aromatic N) is 3. The number of carbonyl (C=O) groups excluding carboxylic acids is 3. The molecule has 6 atom stereocenters. The normalized spacial score (nSPS) is 29.0. The average molecular weight is 608 g/mol. The van der Waals surface area contributed by atoms with E-state index >= 15 is 0 Å². The maximum atomic E-state index is 14.9. The van der Waals surface area contributed by atoms with Gasteiger partial charge in [-0.1, -0.05) is 75.6 Å². The highest BCUT2D eigenvalue weighted by Gasteiger charge is 2.74. The molecule has 1 saturated carbocycles. The summed E-state index contributed by atoms with van der Waals surface area (Å²) in [7, 11) is 0. The molecule has 3 aliphatic heterocycles. The van der Waals surface area contributed by atoms with Gasteiger partial charge in [0.25, 0.3) is 0 Å². The van der Waals surface area contributed by atoms with Crippen LogP contribution >= 0.6 is 11.8 Å². The number of rotatable bonds is 13. The second-order valence-electron chi connectivity index (χ2n) is 13.3. The van der Waals surface area contributed by atoms with Crippen LogP contribution in [0.5, 0.6) is 0 Å². The van der Waals surface area contributed by atoms with Crippen LogP contribution in [-0.4, -0.2) is 85.3 Å². The molecule has 1 aromatic rings. The SMILES string of the molecule is C=CCN(Cc1ccccc1)C(=O)[C@@H]1[C@@H]2CCC3(S2)C(C(=O)N(CC=C)C2CCCCC2)N([C@@H](CO)CC(C)C)C(=O)[C@H]13. The van der Waals surface area contributed by atoms with Gasteiger partial charge in [0, 0.05) is 30.9 Å². The third kappa shape index (κ3) is 5.94. The molecule has 2 unspecified atom stereocenters. The summed E-state index contributed by atoms with van der Waals surface area (Å²) in [5.74, 6) is -1.05. The smallest absolute Gasteiger partial charge is 0.247 e. The molecule has 1 aliphatic carbocycles. The molecule has 4 fully saturated rings. The zero-order chi connectivity index (χ0) is 30.7. The number of aliphatic hydroxyl groups is 1. The van der Waals surface area contributed by atoms with E-state index in [2.05, 4.69) is 27.0 Å². The van der Waals surface area contributed by atoms with Crippen LogP contribution < -0.4 is 0 Å². The van der Waals surface area contributed by atoms with E-state index < -0.39 is 28.7 Å². The summed E-state index contributed by atoms with van der Waals surface area (Å²) in [6.45, 7) is 13.1. The molecule has 1 N–H and O–H groups in total. The minimum Gasteiger partial charge on any atom is -0.394 e. The van der Waals surface area contributed by atoms with Gasteiger partial charge >= 0.3 is 0 Å². The van der Waals surface area contributed by atoms with E-state index in [4.69, 9.17) is 0 Å². The lowest BCUT2D eigenvalue weighted by Crippen LogP contribution is -2.59. The topological polar surface area (TPSA) is 81.2 Å². The number of likely N-dealkylation sites (tertiary alicyclic amines) is 1. The summed E-state index contributed by atoms with van der Waals surface area (Å²) in [5, 5.41) is 10.6. The lowest BCUT2D eigenvalue weighted by Gasteiger charge is -2.43. The fourth-order valence-corrected chi connectivity index (χ4v) is 10.6. The Morgan fingerprint density at radius 1 is 1.07 bits per heavy atom. The van der Waals surface area contributed by atoms with Crippen molar-refractivity contribution in [3.8, 4) is 0 Å². The van der Waals surface area contributed by atoms with Crippen molar-refractivity contribution in [1.82, 2.24) is 14.7 Å². The van der Waals surface area contributed by atoms with Crippen molar-refractivity contribution in [3.05, 3.63) is 61.2 Å². The third-order valence-electron chi connectivity index (χ3n) is 10.1. The van der Waals surface area contributed by atoms with E-state index in [1.54, 1.807) is 28.8 Å². The average Bonchev–Trinajstić information content (AvgIpc) is 3.66. The molecule has 8 heteroatoms. The molecule has 43 heavy (non-hydrogen) atoms. The highest BCUT2D eigenvalue weighted by Crippen LogP contribution is 2.67. The number of hydrogen-bond acceptors (Lipinski definition) is 5. The summed E-state index contributed by atoms with van der Waals surface area (Å²) in [5.41, 5.74) is 1.03. The second-order valence-corrected chi connectivity index (χ2v) is 14.9. The van der Waals surface area contributed by atoms with Crippen LogP contribution in [0.25, 0.3) is 0 Å². The molecule has 3 saturated heterocycles. The van der Waals surface area contributed by atoms with Crippen molar-refractivity contribution >= 4 is 29.5 Å². The van der Waals surface area contributed by atoms with Crippen LogP contribution in [0.4, 0.5) is 0 Å². The molecule has 0 aromatic heterocycles. The minimum atomic E-state index is -0.697. The Balaban J connectivity index is 1.54. The number of amides is 3. The highest BCUT2D eigenvalue weighted by molar-refractivity contribution is 8.02. The summed E-state index contributed by atoms with van der Waals surface area (Å²) in [6, 6.07) is 8.87. The van der Waals surface area contributed by atoms with E-state index in [1.165, 1.54) is 6.42 Å². The number of benzene rings is 1. The first kappa shape index (κ1) is 31.8. The van der Waals surface area contributed by atoms with Crippen molar-refractivity contribution in [1.29, 1.82) is 0 Å². The van der Waals surface area contributed by atoms with Crippen LogP contribution in [0, 0.1) is 17.8 Å². The van der Waals surface area contributed by atoms with Crippen LogP contribution in [0.2, 0.25) is 0 Å². The van der Waals surface area contributed by atoms with Gasteiger partial charge in [0.1, 0.15) is 6.04 Å². The van der Waals surface area contributed by atoms with Crippen molar-refractivity contribution in [2.45, 2.75) is 99.9 Å². The monoisotopic (exact) mass is 607 g/mol. The zero-order valence-corrected chi connectivity index (χ0v) is 26.7. The van der Waals surface area contributed by atoms with Crippen molar-refractivity contribution < 1.29 is 19.5 Å². The van der Waals surface area contributed by atoms with E-state index in [0.29, 0.717) is 26.1 Å². The van der Waals surface area contributed by atoms with Gasteiger partial charge in [-0.15, -0.1) is 24.9 Å². The first-order chi connectivity index (χ1) is 20.8. The maximum absolute atomic E-state index is 14.9. The van der Waals surface area contributed by atoms with Gasteiger partial charge in [0.2, 0.25) is 17.7 Å². The number of aliphatic hydroxyl groups excluding tert-OH is 1. The number of fused-ring (bicyclic) bond motifs is 1. The molecule has 5 rings (SSSR count). The van der Waals surface area contributed by atoms with Gasteiger partial charge in [0.15, 0.2) is 0 Å². The fraction of sp³-hybridized carbons (Fsp3) is 0.629. The van der Waals surface area contributed by atoms with Gasteiger partial charge in [-0.25, -0.2) is 0 Å². The van der Waals surface area contributed by atoms with Gasteiger partial charge < -0.3 is 19.8 Å². The van der Waals surface area contributed by atoms with Crippen molar-refractivity contribution in [2.75, 3.05) is 19.7 Å². The zero-order valence-electron chi connectivity index (χ0n) is 25.9. The van der Waals surface area contributed by atoms with Crippen LogP contribution in [-0.2, 0) is 20.9 Å². The van der Waals surface area contributed by atoms with E-state index in [0.717, 1.165) is 44.1 Å². The maximum Gasteiger partial charge on any atom is 0.247 e. The van der Waals surface area contributed by atoms with Gasteiger partial charge in [0.05, 0.1) is 29.2 Å². The first-order valence-corrected chi connectivity index (χ1v) is 17.1. The van der Waals surface area contributed by atoms with Crippen LogP contribution in [0.3, 0.4) is 0 Å². The van der Waals surface area contributed by atoms with E-state index in [1.807, 2.05) is 40.1 Å². The van der Waals surface area contributed by atoms with E-state index in [-0.39, 0.29) is 41.5 Å². The van der Waals surface area contributed by atoms with Crippen molar-refractivity contribution in [2.24, 2.45) is 17.8 Å². The molecule has 3 heterocycles. The molecule has 0 radical (unpaired) electrons. The Bertz CT molecular complexity index is 1180. The molecule has 2 bridgehead atoms. The molecule has 4 aliphatic rings. The quantitative estimate of drug-likeness (QED) is 0.318. The fourth-order valence-electron chi connectivity index (χ4n) is 8.38. The first-order valence-electron chi connectivity index (χ1n) is 16.2. The molecule has 1 spiro atoms. The van der Waals surface area contributed by atoms with Crippen molar-refractivity contribution in [3.63, 3.8) is 0 Å². The molecular formula is C35H49N3O4S. The minimum absolute atomic E-state index is 0.0119. The summed E-state index contributed by atoms with van der Waals surface area (Å²) in [6.07, 6.45) is 10.9. The molecule has 234 valence electrons. The summed E-state index contributed by atoms with van der Waals surface area (Å²) in [4.78, 5) is 49.5. The third-order valence-corrected chi connectivity index (χ3v) is 12.1. The highest BCUT2D eigenvalue weighted by atomic mass is 32.2. The number of hydrogen-bond donors (Lipinski definition) is 1. The Hall–Kier alpha value is -2.58. The number of thioether (sulfide) groups is 1. The van der Waals surface area contributed by atoms with E-state index in [9.17, 15) is 19.5 Å². The predicted octanol–water partition coefficient (Wildman–Crippen LogP) is 5.05. The Morgan fingerprint density at radius 3 is 2.40 bits per heavy atom. The molecule has 1 aromatic carbocycles. The second kappa shape index (κ2) is 13.6. The summed E-state index contributed by atoms with van der Waals surface area (Å²) >= 11 is 1.71. The largest absolute Gasteiger partial charge is 0.394 e. The molecular weight excluding hydrogens is 558 g/mol. The molecule has 3 amide bonds. The standard InChI is InChI=1S/C35H49N3O4S/c1-5-19-36(22-25-13-9-7-10-14-25)32(40)29-28-17-18-35(43-28)30(29)33(41)38(27(23-39)21-24(3)4)31(35)34(42)37(20-6-2)26-15-11-8-12-16-26/h5-7,9-10,13-14,24,26-31,39H,1-2,8,11-12,15-23H2,3-4H3/t27-,28+,29-,30+,31?,35?/m1/s1. The Kier molecular flexibility index (Phi) is 10.1. The van der Waals surface area contributed by atoms with Gasteiger partial charge in [-0.3, -0.25) is 14.4 Å². The summed E-state index contributed by atoms with van der Waals surface area (Å²) < 4.78 is -0.676. The Morgan fingerprint density at radius 2 is 1.77 bits per heavy atom. The van der Waals surface area contributed by atoms with Gasteiger partial charge in [-0.05, 0) is 43.6 Å². The van der Waals surface area contributed by atoms with Gasteiger partial charge in [-0.2, -0.15) is 0 Å². The predicted molar refractivity (Wildman–Crippen MR) is 172 cm³/mol. The molecule has 7 nitrogen and oxygen atoms in total. The number of carbonyl (C=O) groups is 3. The lowest BCUT2D eigenvalue weighted by atomic mass is 9.70.